The number of hydrogen-bond donors (Lipinski definition) is 1. The highest BCUT2D eigenvalue weighted by molar-refractivity contribution is 5.71. The maximum Gasteiger partial charge on any atom is 0.307 e. The molecule has 4 aliphatic rings. The molecule has 3 nitrogen and oxygen atoms in total. The smallest absolute Gasteiger partial charge is 0.307 e. The van der Waals surface area contributed by atoms with Gasteiger partial charge in [-0.2, -0.15) is 0 Å². The highest BCUT2D eigenvalue weighted by Gasteiger charge is 2.57. The van der Waals surface area contributed by atoms with Crippen LogP contribution in [0.1, 0.15) is 51.9 Å². The molecule has 0 spiro atoms. The van der Waals surface area contributed by atoms with E-state index in [1.807, 2.05) is 0 Å². The lowest BCUT2D eigenvalue weighted by Crippen LogP contribution is -2.45. The minimum Gasteiger partial charge on any atom is -0.501 e. The van der Waals surface area contributed by atoms with E-state index in [0.717, 1.165) is 44.3 Å². The van der Waals surface area contributed by atoms with E-state index >= 15 is 0 Å². The van der Waals surface area contributed by atoms with Gasteiger partial charge in [-0.15, -0.1) is 0 Å². The Kier molecular flexibility index (Phi) is 3.85. The summed E-state index contributed by atoms with van der Waals surface area (Å²) in [5.74, 6) is 2.20. The minimum absolute atomic E-state index is 0.00937. The van der Waals surface area contributed by atoms with Crippen molar-refractivity contribution in [1.82, 2.24) is 0 Å². The number of fused-ring (bicyclic) bond motifs is 5. The molecule has 0 aromatic rings. The molecule has 1 N–H and O–H groups in total. The molecule has 0 saturated heterocycles. The highest BCUT2D eigenvalue weighted by atomic mass is 16.5. The fraction of sp³-hybridized carbons (Fsp3) is 0.667. The van der Waals surface area contributed by atoms with Crippen LogP contribution in [0, 0.1) is 29.1 Å². The third-order valence-electron chi connectivity index (χ3n) is 7.51. The Balaban J connectivity index is 1.63. The zero-order chi connectivity index (χ0) is 16.9. The number of allylic oxidation sites excluding steroid dienone is 5. The molecule has 3 saturated carbocycles. The highest BCUT2D eigenvalue weighted by Crippen LogP contribution is 2.63. The van der Waals surface area contributed by atoms with E-state index in [1.165, 1.54) is 17.6 Å². The number of carboxylic acid groups (broad SMARTS) is 1. The van der Waals surface area contributed by atoms with Crippen molar-refractivity contribution in [1.29, 1.82) is 0 Å². The predicted molar refractivity (Wildman–Crippen MR) is 93.3 cm³/mol. The van der Waals surface area contributed by atoms with Crippen LogP contribution >= 0.6 is 0 Å². The SMILES string of the molecule is COC1=CC=C2CCC3C(CC[C@@]4(C)C3CC[C@@H]4C(=O)O)C2=CC1. The molecule has 0 aromatic heterocycles. The van der Waals surface area contributed by atoms with Crippen LogP contribution in [0.2, 0.25) is 0 Å². The molecule has 3 fully saturated rings. The van der Waals surface area contributed by atoms with Crippen molar-refractivity contribution in [3.8, 4) is 0 Å². The Labute approximate surface area is 144 Å². The Morgan fingerprint density at radius 2 is 2.08 bits per heavy atom. The number of aliphatic carboxylic acids is 1. The predicted octanol–water partition coefficient (Wildman–Crippen LogP) is 4.71. The van der Waals surface area contributed by atoms with Crippen LogP contribution in [-0.4, -0.2) is 18.2 Å². The normalized spacial score (nSPS) is 41.0. The van der Waals surface area contributed by atoms with Gasteiger partial charge in [0, 0.05) is 6.42 Å². The number of carboxylic acids is 1. The van der Waals surface area contributed by atoms with E-state index in [9.17, 15) is 9.90 Å². The lowest BCUT2D eigenvalue weighted by molar-refractivity contribution is -0.147. The first-order valence-electron chi connectivity index (χ1n) is 9.41. The van der Waals surface area contributed by atoms with Gasteiger partial charge in [-0.05, 0) is 78.9 Å². The molecule has 5 atom stereocenters. The van der Waals surface area contributed by atoms with E-state index in [2.05, 4.69) is 25.2 Å². The second-order valence-corrected chi connectivity index (χ2v) is 8.32. The fourth-order valence-corrected chi connectivity index (χ4v) is 6.27. The van der Waals surface area contributed by atoms with Gasteiger partial charge in [-0.25, -0.2) is 0 Å². The topological polar surface area (TPSA) is 46.5 Å². The Bertz CT molecular complexity index is 641. The third-order valence-corrected chi connectivity index (χ3v) is 7.51. The van der Waals surface area contributed by atoms with E-state index < -0.39 is 5.97 Å². The van der Waals surface area contributed by atoms with Gasteiger partial charge in [-0.3, -0.25) is 4.79 Å². The second-order valence-electron chi connectivity index (χ2n) is 8.32. The molecule has 4 aliphatic carbocycles. The summed E-state index contributed by atoms with van der Waals surface area (Å²) < 4.78 is 5.45. The summed E-state index contributed by atoms with van der Waals surface area (Å²) in [5.41, 5.74) is 3.03. The molecular weight excluding hydrogens is 300 g/mol. The number of methoxy groups -OCH3 is 1. The van der Waals surface area contributed by atoms with Crippen molar-refractivity contribution in [2.45, 2.75) is 51.9 Å². The minimum atomic E-state index is -0.572. The molecule has 0 amide bonds. The molecular formula is C21H28O3. The van der Waals surface area contributed by atoms with E-state index in [1.54, 1.807) is 7.11 Å². The van der Waals surface area contributed by atoms with E-state index in [-0.39, 0.29) is 11.3 Å². The zero-order valence-corrected chi connectivity index (χ0v) is 14.8. The van der Waals surface area contributed by atoms with Crippen molar-refractivity contribution in [2.75, 3.05) is 7.11 Å². The average Bonchev–Trinajstić information content (AvgIpc) is 2.79. The van der Waals surface area contributed by atoms with Crippen molar-refractivity contribution >= 4 is 5.97 Å². The van der Waals surface area contributed by atoms with Gasteiger partial charge in [0.25, 0.3) is 0 Å². The summed E-state index contributed by atoms with van der Waals surface area (Å²) in [7, 11) is 1.75. The first-order chi connectivity index (χ1) is 11.5. The van der Waals surface area contributed by atoms with Crippen LogP contribution in [0.25, 0.3) is 0 Å². The monoisotopic (exact) mass is 328 g/mol. The lowest BCUT2D eigenvalue weighted by atomic mass is 9.53. The molecule has 0 radical (unpaired) electrons. The fourth-order valence-electron chi connectivity index (χ4n) is 6.27. The molecule has 3 heteroatoms. The second kappa shape index (κ2) is 5.79. The molecule has 130 valence electrons. The van der Waals surface area contributed by atoms with Gasteiger partial charge in [0.2, 0.25) is 0 Å². The Morgan fingerprint density at radius 3 is 2.83 bits per heavy atom. The largest absolute Gasteiger partial charge is 0.501 e. The summed E-state index contributed by atoms with van der Waals surface area (Å²) in [6, 6.07) is 0. The number of hydrogen-bond acceptors (Lipinski definition) is 2. The van der Waals surface area contributed by atoms with Gasteiger partial charge in [-0.1, -0.05) is 19.1 Å². The summed E-state index contributed by atoms with van der Waals surface area (Å²) >= 11 is 0. The summed E-state index contributed by atoms with van der Waals surface area (Å²) in [6.45, 7) is 2.26. The molecule has 0 aromatic carbocycles. The maximum atomic E-state index is 11.7. The van der Waals surface area contributed by atoms with Crippen molar-refractivity contribution in [2.24, 2.45) is 29.1 Å². The molecule has 0 aliphatic heterocycles. The van der Waals surface area contributed by atoms with Crippen LogP contribution in [0.3, 0.4) is 0 Å². The standard InChI is InChI=1S/C21H28O3/c1-21-12-11-16-15-8-6-14(24-2)5-3-13(15)4-7-17(16)18(21)9-10-19(21)20(22)23/h3,5,8,16-19H,4,6-7,9-12H2,1-2H3,(H,22,23)/t16?,17?,18?,19-,21+/m1/s1. The quantitative estimate of drug-likeness (QED) is 0.798. The first kappa shape index (κ1) is 16.0. The van der Waals surface area contributed by atoms with Gasteiger partial charge < -0.3 is 9.84 Å². The zero-order valence-electron chi connectivity index (χ0n) is 14.8. The summed E-state index contributed by atoms with van der Waals surface area (Å²) in [6.07, 6.45) is 14.2. The lowest BCUT2D eigenvalue weighted by Gasteiger charge is -2.51. The summed E-state index contributed by atoms with van der Waals surface area (Å²) in [5, 5.41) is 9.65. The van der Waals surface area contributed by atoms with Crippen LogP contribution in [-0.2, 0) is 9.53 Å². The van der Waals surface area contributed by atoms with Crippen LogP contribution < -0.4 is 0 Å². The number of carbonyl (C=O) groups is 1. The molecule has 0 heterocycles. The molecule has 4 rings (SSSR count). The van der Waals surface area contributed by atoms with Crippen molar-refractivity contribution < 1.29 is 14.6 Å². The first-order valence-corrected chi connectivity index (χ1v) is 9.41. The van der Waals surface area contributed by atoms with Gasteiger partial charge in [0.15, 0.2) is 0 Å². The molecule has 0 bridgehead atoms. The van der Waals surface area contributed by atoms with Crippen LogP contribution in [0.5, 0.6) is 0 Å². The van der Waals surface area contributed by atoms with Crippen molar-refractivity contribution in [3.05, 3.63) is 35.1 Å². The average molecular weight is 328 g/mol. The Morgan fingerprint density at radius 1 is 1.25 bits per heavy atom. The number of rotatable bonds is 2. The van der Waals surface area contributed by atoms with E-state index in [4.69, 9.17) is 4.74 Å². The van der Waals surface area contributed by atoms with Crippen molar-refractivity contribution in [3.63, 3.8) is 0 Å². The maximum absolute atomic E-state index is 11.7. The molecule has 24 heavy (non-hydrogen) atoms. The van der Waals surface area contributed by atoms with E-state index in [0.29, 0.717) is 17.8 Å². The van der Waals surface area contributed by atoms with Crippen LogP contribution in [0.15, 0.2) is 35.1 Å². The third kappa shape index (κ3) is 2.28. The number of ether oxygens (including phenoxy) is 1. The van der Waals surface area contributed by atoms with Gasteiger partial charge >= 0.3 is 5.97 Å². The van der Waals surface area contributed by atoms with Gasteiger partial charge in [0.05, 0.1) is 18.8 Å². The Hall–Kier alpha value is -1.51. The molecule has 3 unspecified atom stereocenters. The summed E-state index contributed by atoms with van der Waals surface area (Å²) in [4.78, 5) is 11.7. The van der Waals surface area contributed by atoms with Crippen LogP contribution in [0.4, 0.5) is 0 Å². The van der Waals surface area contributed by atoms with Gasteiger partial charge in [0.1, 0.15) is 0 Å².